The Labute approximate surface area is 174 Å². The molecule has 0 bridgehead atoms. The molecule has 1 fully saturated rings. The van der Waals surface area contributed by atoms with Gasteiger partial charge in [0.2, 0.25) is 0 Å². The second-order valence-corrected chi connectivity index (χ2v) is 7.53. The van der Waals surface area contributed by atoms with E-state index in [9.17, 15) is 9.82 Å². The highest BCUT2D eigenvalue weighted by Crippen LogP contribution is 2.34. The van der Waals surface area contributed by atoms with Crippen molar-refractivity contribution >= 4 is 36.8 Å². The molecule has 0 spiro atoms. The zero-order valence-corrected chi connectivity index (χ0v) is 16.7. The van der Waals surface area contributed by atoms with Crippen LogP contribution in [-0.2, 0) is 4.74 Å². The third-order valence-electron chi connectivity index (χ3n) is 5.47. The van der Waals surface area contributed by atoms with Crippen LogP contribution in [0.25, 0.3) is 5.57 Å². The molecule has 1 amide bonds. The topological polar surface area (TPSA) is 124 Å². The van der Waals surface area contributed by atoms with Crippen molar-refractivity contribution in [2.75, 3.05) is 25.1 Å². The molecule has 2 aromatic rings. The van der Waals surface area contributed by atoms with Crippen LogP contribution in [0.5, 0.6) is 5.75 Å². The number of carbonyl (C=O) groups excluding carboxylic acids is 1. The van der Waals surface area contributed by atoms with Gasteiger partial charge in [0.15, 0.2) is 5.82 Å². The number of allylic oxidation sites excluding steroid dienone is 1. The minimum Gasteiger partial charge on any atom is -0.532 e. The first-order valence-corrected chi connectivity index (χ1v) is 9.80. The fraction of sp³-hybridized carbons (Fsp3) is 0.350. The zero-order valence-electron chi connectivity index (χ0n) is 16.7. The highest BCUT2D eigenvalue weighted by Gasteiger charge is 2.29. The van der Waals surface area contributed by atoms with Gasteiger partial charge in [0, 0.05) is 36.5 Å². The maximum Gasteiger partial charge on any atom is 0.552 e. The van der Waals surface area contributed by atoms with E-state index in [1.54, 1.807) is 29.0 Å². The molecule has 3 heterocycles. The molecule has 2 aliphatic heterocycles. The lowest BCUT2D eigenvalue weighted by Gasteiger charge is -2.30. The molecular formula is C20H24BN5O4. The smallest absolute Gasteiger partial charge is 0.532 e. The average molecular weight is 409 g/mol. The Bertz CT molecular complexity index is 1010. The molecule has 10 heteroatoms. The van der Waals surface area contributed by atoms with Crippen molar-refractivity contribution in [3.05, 3.63) is 41.5 Å². The maximum absolute atomic E-state index is 12.0. The molecule has 0 saturated carbocycles. The molecule has 4 rings (SSSR count). The van der Waals surface area contributed by atoms with Gasteiger partial charge in [-0.2, -0.15) is 5.10 Å². The quantitative estimate of drug-likeness (QED) is 0.494. The number of aromatic nitrogens is 2. The van der Waals surface area contributed by atoms with Gasteiger partial charge in [-0.3, -0.25) is 9.48 Å². The monoisotopic (exact) mass is 409 g/mol. The Morgan fingerprint density at radius 2 is 2.37 bits per heavy atom. The van der Waals surface area contributed by atoms with E-state index in [1.165, 1.54) is 0 Å². The molecule has 4 N–H and O–H groups in total. The number of fused-ring (bicyclic) bond motifs is 1. The third-order valence-corrected chi connectivity index (χ3v) is 5.47. The van der Waals surface area contributed by atoms with E-state index in [1.807, 2.05) is 13.0 Å². The second kappa shape index (κ2) is 8.33. The van der Waals surface area contributed by atoms with E-state index in [0.717, 1.165) is 23.2 Å². The summed E-state index contributed by atoms with van der Waals surface area (Å²) in [7, 11) is -0.954. The first-order chi connectivity index (χ1) is 14.5. The summed E-state index contributed by atoms with van der Waals surface area (Å²) in [5, 5.41) is 17.5. The summed E-state index contributed by atoms with van der Waals surface area (Å²) in [6.45, 7) is 7.26. The summed E-state index contributed by atoms with van der Waals surface area (Å²) < 4.78 is 12.8. The standard InChI is InChI=1S/C20H24BN5O4/c1-12-8-21(28)30-18-4-3-14(7-15(12)18)24-20-16(19(22)27)10-26(25-20)17-11-29-6-5-13(17)9-23-2/h3-4,7-8,10,13,17,28H,2,5-6,9,11H2,1H3,(H2,22,27)(H,24,25). The summed E-state index contributed by atoms with van der Waals surface area (Å²) in [6.07, 6.45) is 2.50. The number of carbonyl (C=O) groups is 1. The van der Waals surface area contributed by atoms with Gasteiger partial charge in [0.05, 0.1) is 12.6 Å². The predicted molar refractivity (Wildman–Crippen MR) is 115 cm³/mol. The van der Waals surface area contributed by atoms with Gasteiger partial charge < -0.3 is 30.5 Å². The average Bonchev–Trinajstić information content (AvgIpc) is 3.13. The normalized spacial score (nSPS) is 20.7. The van der Waals surface area contributed by atoms with Crippen LogP contribution in [0.1, 0.15) is 35.3 Å². The van der Waals surface area contributed by atoms with Crippen molar-refractivity contribution < 1.29 is 19.2 Å². The van der Waals surface area contributed by atoms with E-state index in [2.05, 4.69) is 22.1 Å². The number of nitrogens with one attached hydrogen (secondary N) is 1. The molecule has 2 atom stereocenters. The largest absolute Gasteiger partial charge is 0.552 e. The molecule has 30 heavy (non-hydrogen) atoms. The van der Waals surface area contributed by atoms with E-state index in [4.69, 9.17) is 15.1 Å². The first kappa shape index (κ1) is 20.2. The molecular weight excluding hydrogens is 385 g/mol. The SMILES string of the molecule is C=NCC1CCOCC1n1cc(C(N)=O)c(Nc2ccc3c(c2)C(C)=CB(O)O3)n1. The number of primary amides is 1. The Kier molecular flexibility index (Phi) is 5.60. The number of anilines is 2. The molecule has 9 nitrogen and oxygen atoms in total. The van der Waals surface area contributed by atoms with Crippen LogP contribution < -0.4 is 15.7 Å². The number of hydrogen-bond acceptors (Lipinski definition) is 7. The summed E-state index contributed by atoms with van der Waals surface area (Å²) in [5.41, 5.74) is 8.36. The van der Waals surface area contributed by atoms with Crippen molar-refractivity contribution in [3.63, 3.8) is 0 Å². The molecule has 0 radical (unpaired) electrons. The van der Waals surface area contributed by atoms with Gasteiger partial charge in [-0.1, -0.05) is 0 Å². The summed E-state index contributed by atoms with van der Waals surface area (Å²) in [5.74, 6) is 2.25. The molecule has 2 aliphatic rings. The lowest BCUT2D eigenvalue weighted by atomic mass is 9.82. The van der Waals surface area contributed by atoms with E-state index in [-0.39, 0.29) is 12.0 Å². The van der Waals surface area contributed by atoms with Crippen molar-refractivity contribution in [1.29, 1.82) is 0 Å². The Morgan fingerprint density at radius 3 is 3.13 bits per heavy atom. The number of nitrogens with zero attached hydrogens (tertiary/aromatic N) is 3. The van der Waals surface area contributed by atoms with Crippen molar-refractivity contribution in [1.82, 2.24) is 9.78 Å². The second-order valence-electron chi connectivity index (χ2n) is 7.53. The molecule has 2 unspecified atom stereocenters. The Morgan fingerprint density at radius 1 is 1.53 bits per heavy atom. The van der Waals surface area contributed by atoms with Crippen molar-refractivity contribution in [3.8, 4) is 5.75 Å². The van der Waals surface area contributed by atoms with Gasteiger partial charge in [0.25, 0.3) is 5.91 Å². The Hall–Kier alpha value is -3.11. The number of nitrogens with two attached hydrogens (primary N) is 1. The van der Waals surface area contributed by atoms with E-state index < -0.39 is 13.0 Å². The summed E-state index contributed by atoms with van der Waals surface area (Å²) >= 11 is 0. The van der Waals surface area contributed by atoms with Gasteiger partial charge >= 0.3 is 7.12 Å². The fourth-order valence-electron chi connectivity index (χ4n) is 3.90. The van der Waals surface area contributed by atoms with Crippen molar-refractivity contribution in [2.45, 2.75) is 19.4 Å². The van der Waals surface area contributed by atoms with Crippen LogP contribution in [0.2, 0.25) is 0 Å². The number of aliphatic imine (C=N–C) groups is 1. The number of amides is 1. The first-order valence-electron chi connectivity index (χ1n) is 9.80. The van der Waals surface area contributed by atoms with Crippen LogP contribution in [0.4, 0.5) is 11.5 Å². The van der Waals surface area contributed by atoms with Gasteiger partial charge in [-0.15, -0.1) is 0 Å². The van der Waals surface area contributed by atoms with Crippen LogP contribution in [0.3, 0.4) is 0 Å². The highest BCUT2D eigenvalue weighted by atomic mass is 16.5. The minimum absolute atomic E-state index is 0.0542. The van der Waals surface area contributed by atoms with Crippen LogP contribution in [0.15, 0.2) is 35.4 Å². The Balaban J connectivity index is 1.64. The molecule has 1 aromatic heterocycles. The summed E-state index contributed by atoms with van der Waals surface area (Å²) in [6, 6.07) is 5.38. The molecule has 1 saturated heterocycles. The number of ether oxygens (including phenoxy) is 1. The number of hydrogen-bond donors (Lipinski definition) is 3. The van der Waals surface area contributed by atoms with E-state index in [0.29, 0.717) is 36.9 Å². The lowest BCUT2D eigenvalue weighted by molar-refractivity contribution is 0.0209. The van der Waals surface area contributed by atoms with Crippen LogP contribution >= 0.6 is 0 Å². The maximum atomic E-state index is 12.0. The zero-order chi connectivity index (χ0) is 21.3. The lowest BCUT2D eigenvalue weighted by Crippen LogP contribution is -2.32. The van der Waals surface area contributed by atoms with Crippen LogP contribution in [-0.4, -0.2) is 54.3 Å². The van der Waals surface area contributed by atoms with Gasteiger partial charge in [-0.05, 0) is 49.8 Å². The predicted octanol–water partition coefficient (Wildman–Crippen LogP) is 1.82. The summed E-state index contributed by atoms with van der Waals surface area (Å²) in [4.78, 5) is 16.1. The minimum atomic E-state index is -0.954. The van der Waals surface area contributed by atoms with Gasteiger partial charge in [-0.25, -0.2) is 0 Å². The molecule has 156 valence electrons. The molecule has 0 aliphatic carbocycles. The van der Waals surface area contributed by atoms with E-state index >= 15 is 0 Å². The van der Waals surface area contributed by atoms with Gasteiger partial charge in [0.1, 0.15) is 11.3 Å². The number of benzene rings is 1. The van der Waals surface area contributed by atoms with Crippen molar-refractivity contribution in [2.24, 2.45) is 16.6 Å². The highest BCUT2D eigenvalue weighted by molar-refractivity contribution is 6.52. The fourth-order valence-corrected chi connectivity index (χ4v) is 3.90. The number of rotatable bonds is 6. The third kappa shape index (κ3) is 3.96. The van der Waals surface area contributed by atoms with Crippen LogP contribution in [0, 0.1) is 5.92 Å². The molecule has 1 aromatic carbocycles.